The summed E-state index contributed by atoms with van der Waals surface area (Å²) in [6, 6.07) is 22.3. The van der Waals surface area contributed by atoms with Crippen molar-refractivity contribution in [1.29, 1.82) is 0 Å². The van der Waals surface area contributed by atoms with Gasteiger partial charge in [-0.1, -0.05) is 48.5 Å². The Morgan fingerprint density at radius 2 is 1.15 bits per heavy atom. The van der Waals surface area contributed by atoms with Crippen molar-refractivity contribution < 1.29 is 0 Å². The molecule has 0 saturated carbocycles. The molecule has 20 heavy (non-hydrogen) atoms. The van der Waals surface area contributed by atoms with E-state index in [-0.39, 0.29) is 0 Å². The monoisotopic (exact) mass is 258 g/mol. The van der Waals surface area contributed by atoms with Gasteiger partial charge in [0.1, 0.15) is 0 Å². The SMILES string of the molecule is c1ccc2c(c1)NC1c3cccc4cccc(c34)C1N2. The lowest BCUT2D eigenvalue weighted by Crippen LogP contribution is -2.26. The molecule has 1 aliphatic heterocycles. The summed E-state index contributed by atoms with van der Waals surface area (Å²) in [6.07, 6.45) is 0. The Hall–Kier alpha value is -2.48. The lowest BCUT2D eigenvalue weighted by molar-refractivity contribution is 0.667. The minimum atomic E-state index is 0.325. The van der Waals surface area contributed by atoms with Crippen LogP contribution >= 0.6 is 0 Å². The van der Waals surface area contributed by atoms with Gasteiger partial charge in [0.05, 0.1) is 23.5 Å². The fraction of sp³-hybridized carbons (Fsp3) is 0.111. The summed E-state index contributed by atoms with van der Waals surface area (Å²) in [5, 5.41) is 10.2. The fourth-order valence-corrected chi connectivity index (χ4v) is 3.67. The van der Waals surface area contributed by atoms with Gasteiger partial charge in [-0.15, -0.1) is 0 Å². The number of fused-ring (bicyclic) bond motifs is 4. The molecule has 96 valence electrons. The van der Waals surface area contributed by atoms with Gasteiger partial charge in [-0.25, -0.2) is 0 Å². The van der Waals surface area contributed by atoms with Crippen molar-refractivity contribution in [3.63, 3.8) is 0 Å². The summed E-state index contributed by atoms with van der Waals surface area (Å²) in [5.41, 5.74) is 5.20. The van der Waals surface area contributed by atoms with Crippen LogP contribution in [0.25, 0.3) is 10.8 Å². The van der Waals surface area contributed by atoms with Crippen molar-refractivity contribution in [3.8, 4) is 0 Å². The highest BCUT2D eigenvalue weighted by Gasteiger charge is 2.37. The number of anilines is 2. The Balaban J connectivity index is 1.78. The van der Waals surface area contributed by atoms with E-state index >= 15 is 0 Å². The molecule has 2 nitrogen and oxygen atoms in total. The zero-order valence-electron chi connectivity index (χ0n) is 10.9. The van der Waals surface area contributed by atoms with Crippen LogP contribution in [0.1, 0.15) is 23.2 Å². The second-order valence-corrected chi connectivity index (χ2v) is 5.58. The zero-order valence-corrected chi connectivity index (χ0v) is 10.9. The number of rotatable bonds is 0. The van der Waals surface area contributed by atoms with Crippen molar-refractivity contribution in [2.45, 2.75) is 12.1 Å². The van der Waals surface area contributed by atoms with Gasteiger partial charge in [-0.05, 0) is 34.0 Å². The standard InChI is InChI=1S/C18H14N2/c1-2-10-15-14(9-1)19-17-12-7-3-5-11-6-4-8-13(16(11)12)18(17)20-15/h1-10,17-20H. The van der Waals surface area contributed by atoms with Crippen LogP contribution < -0.4 is 10.6 Å². The molecular weight excluding hydrogens is 244 g/mol. The van der Waals surface area contributed by atoms with E-state index in [9.17, 15) is 0 Å². The molecule has 0 bridgehead atoms. The largest absolute Gasteiger partial charge is 0.374 e. The lowest BCUT2D eigenvalue weighted by atomic mass is 10.0. The molecule has 0 fully saturated rings. The molecule has 1 heterocycles. The number of hydrogen-bond acceptors (Lipinski definition) is 2. The minimum Gasteiger partial charge on any atom is -0.374 e. The van der Waals surface area contributed by atoms with E-state index in [1.165, 1.54) is 33.3 Å². The zero-order chi connectivity index (χ0) is 13.1. The van der Waals surface area contributed by atoms with E-state index in [0.29, 0.717) is 12.1 Å². The quantitative estimate of drug-likeness (QED) is 0.621. The minimum absolute atomic E-state index is 0.325. The first-order valence-electron chi connectivity index (χ1n) is 7.05. The van der Waals surface area contributed by atoms with Gasteiger partial charge in [0.15, 0.2) is 0 Å². The molecular formula is C18H14N2. The smallest absolute Gasteiger partial charge is 0.0764 e. The molecule has 0 saturated heterocycles. The first kappa shape index (κ1) is 10.3. The normalized spacial score (nSPS) is 21.8. The molecule has 0 spiro atoms. The maximum absolute atomic E-state index is 3.70. The summed E-state index contributed by atoms with van der Waals surface area (Å²) in [6.45, 7) is 0. The highest BCUT2D eigenvalue weighted by molar-refractivity contribution is 5.94. The van der Waals surface area contributed by atoms with Crippen molar-refractivity contribution in [2.24, 2.45) is 0 Å². The van der Waals surface area contributed by atoms with Crippen LogP contribution in [0.3, 0.4) is 0 Å². The van der Waals surface area contributed by atoms with Gasteiger partial charge in [-0.3, -0.25) is 0 Å². The topological polar surface area (TPSA) is 24.1 Å². The molecule has 0 aromatic heterocycles. The van der Waals surface area contributed by atoms with Gasteiger partial charge in [0, 0.05) is 0 Å². The molecule has 3 aromatic rings. The maximum Gasteiger partial charge on any atom is 0.0764 e. The second-order valence-electron chi connectivity index (χ2n) is 5.58. The third-order valence-electron chi connectivity index (χ3n) is 4.52. The van der Waals surface area contributed by atoms with Crippen molar-refractivity contribution in [1.82, 2.24) is 0 Å². The van der Waals surface area contributed by atoms with Gasteiger partial charge < -0.3 is 10.6 Å². The Kier molecular flexibility index (Phi) is 1.83. The number of hydrogen-bond donors (Lipinski definition) is 2. The Labute approximate surface area is 117 Å². The molecule has 2 unspecified atom stereocenters. The highest BCUT2D eigenvalue weighted by Crippen LogP contribution is 2.50. The van der Waals surface area contributed by atoms with Gasteiger partial charge >= 0.3 is 0 Å². The summed E-state index contributed by atoms with van der Waals surface area (Å²) >= 11 is 0. The molecule has 0 radical (unpaired) electrons. The van der Waals surface area contributed by atoms with Crippen LogP contribution in [-0.4, -0.2) is 0 Å². The van der Waals surface area contributed by atoms with Crippen LogP contribution in [-0.2, 0) is 0 Å². The van der Waals surface area contributed by atoms with Gasteiger partial charge in [0.2, 0.25) is 0 Å². The molecule has 3 aromatic carbocycles. The molecule has 2 aliphatic rings. The van der Waals surface area contributed by atoms with E-state index < -0.39 is 0 Å². The van der Waals surface area contributed by atoms with Crippen LogP contribution in [0, 0.1) is 0 Å². The molecule has 0 amide bonds. The predicted molar refractivity (Wildman–Crippen MR) is 83.1 cm³/mol. The Bertz CT molecular complexity index is 772. The van der Waals surface area contributed by atoms with Crippen molar-refractivity contribution >= 4 is 22.1 Å². The first-order chi connectivity index (χ1) is 9.92. The predicted octanol–water partition coefficient (Wildman–Crippen LogP) is 4.47. The number of benzene rings is 3. The van der Waals surface area contributed by atoms with Gasteiger partial charge in [-0.2, -0.15) is 0 Å². The molecule has 2 atom stereocenters. The molecule has 2 heteroatoms. The Morgan fingerprint density at radius 3 is 1.70 bits per heavy atom. The van der Waals surface area contributed by atoms with Crippen molar-refractivity contribution in [2.75, 3.05) is 10.6 Å². The summed E-state index contributed by atoms with van der Waals surface area (Å²) in [4.78, 5) is 0. The third-order valence-corrected chi connectivity index (χ3v) is 4.52. The summed E-state index contributed by atoms with van der Waals surface area (Å²) in [7, 11) is 0. The van der Waals surface area contributed by atoms with Crippen LogP contribution in [0.15, 0.2) is 60.7 Å². The Morgan fingerprint density at radius 1 is 0.600 bits per heavy atom. The van der Waals surface area contributed by atoms with E-state index in [1.807, 2.05) is 0 Å². The average Bonchev–Trinajstić information content (AvgIpc) is 2.82. The fourth-order valence-electron chi connectivity index (χ4n) is 3.67. The van der Waals surface area contributed by atoms with Crippen LogP contribution in [0.5, 0.6) is 0 Å². The molecule has 5 rings (SSSR count). The van der Waals surface area contributed by atoms with Crippen LogP contribution in [0.2, 0.25) is 0 Å². The summed E-state index contributed by atoms with van der Waals surface area (Å²) < 4.78 is 0. The first-order valence-corrected chi connectivity index (χ1v) is 7.05. The maximum atomic E-state index is 3.70. The van der Waals surface area contributed by atoms with E-state index in [2.05, 4.69) is 71.3 Å². The second kappa shape index (κ2) is 3.54. The van der Waals surface area contributed by atoms with Crippen LogP contribution in [0.4, 0.5) is 11.4 Å². The van der Waals surface area contributed by atoms with E-state index in [0.717, 1.165) is 0 Å². The molecule has 1 aliphatic carbocycles. The van der Waals surface area contributed by atoms with Gasteiger partial charge in [0.25, 0.3) is 0 Å². The third kappa shape index (κ3) is 1.19. The average molecular weight is 258 g/mol. The number of nitrogens with one attached hydrogen (secondary N) is 2. The number of para-hydroxylation sites is 2. The molecule has 2 N–H and O–H groups in total. The van der Waals surface area contributed by atoms with Crippen molar-refractivity contribution in [3.05, 3.63) is 71.8 Å². The lowest BCUT2D eigenvalue weighted by Gasteiger charge is -2.32. The summed E-state index contributed by atoms with van der Waals surface area (Å²) in [5.74, 6) is 0. The highest BCUT2D eigenvalue weighted by atomic mass is 15.1. The van der Waals surface area contributed by atoms with E-state index in [4.69, 9.17) is 0 Å². The van der Waals surface area contributed by atoms with E-state index in [1.54, 1.807) is 0 Å².